The van der Waals surface area contributed by atoms with Crippen LogP contribution in [0.25, 0.3) is 44.2 Å². The number of anilines is 2. The van der Waals surface area contributed by atoms with Crippen LogP contribution in [-0.2, 0) is 5.41 Å². The summed E-state index contributed by atoms with van der Waals surface area (Å²) < 4.78 is 0. The molecule has 0 radical (unpaired) electrons. The van der Waals surface area contributed by atoms with Gasteiger partial charge in [-0.25, -0.2) is 0 Å². The number of benzene rings is 6. The molecule has 1 nitrogen and oxygen atoms in total. The molecule has 0 bridgehead atoms. The third-order valence-corrected chi connectivity index (χ3v) is 8.05. The lowest BCUT2D eigenvalue weighted by Gasteiger charge is -2.22. The van der Waals surface area contributed by atoms with Crippen LogP contribution >= 0.6 is 0 Å². The standard InChI is InChI=1S/C37H29N/c1-37(2)34-15-9-8-14-31(34)32-20-19-30(24-35(32)37)38-36-21-18-29(23-33(36)26-11-4-3-5-12-26)28-17-16-25-10-6-7-13-27(25)22-28/h3-24,38H,1-2H3. The van der Waals surface area contributed by atoms with Gasteiger partial charge in [0.25, 0.3) is 0 Å². The Hall–Kier alpha value is -4.62. The molecule has 1 heteroatoms. The number of nitrogens with one attached hydrogen (secondary N) is 1. The largest absolute Gasteiger partial charge is 0.355 e. The third kappa shape index (κ3) is 3.71. The van der Waals surface area contributed by atoms with Gasteiger partial charge in [-0.3, -0.25) is 0 Å². The quantitative estimate of drug-likeness (QED) is 0.261. The Morgan fingerprint density at radius 3 is 2.00 bits per heavy atom. The van der Waals surface area contributed by atoms with E-state index in [0.717, 1.165) is 11.4 Å². The van der Waals surface area contributed by atoms with Crippen LogP contribution in [0.4, 0.5) is 11.4 Å². The number of hydrogen-bond acceptors (Lipinski definition) is 1. The molecule has 0 aromatic heterocycles. The molecule has 38 heavy (non-hydrogen) atoms. The Morgan fingerprint density at radius 2 is 1.13 bits per heavy atom. The Labute approximate surface area is 224 Å². The van der Waals surface area contributed by atoms with Crippen molar-refractivity contribution < 1.29 is 0 Å². The number of rotatable bonds is 4. The summed E-state index contributed by atoms with van der Waals surface area (Å²) in [5.41, 5.74) is 12.5. The molecule has 0 saturated heterocycles. The lowest BCUT2D eigenvalue weighted by atomic mass is 9.82. The van der Waals surface area contributed by atoms with Crippen LogP contribution in [0.5, 0.6) is 0 Å². The van der Waals surface area contributed by atoms with E-state index >= 15 is 0 Å². The maximum atomic E-state index is 3.77. The van der Waals surface area contributed by atoms with Crippen molar-refractivity contribution >= 4 is 22.1 Å². The lowest BCUT2D eigenvalue weighted by Crippen LogP contribution is -2.15. The van der Waals surface area contributed by atoms with Gasteiger partial charge in [-0.05, 0) is 80.0 Å². The fourth-order valence-electron chi connectivity index (χ4n) is 6.00. The highest BCUT2D eigenvalue weighted by Gasteiger charge is 2.35. The Bertz CT molecular complexity index is 1810. The van der Waals surface area contributed by atoms with E-state index in [-0.39, 0.29) is 5.41 Å². The molecule has 0 spiro atoms. The van der Waals surface area contributed by atoms with E-state index in [2.05, 4.69) is 153 Å². The van der Waals surface area contributed by atoms with Crippen molar-refractivity contribution in [3.05, 3.63) is 145 Å². The van der Waals surface area contributed by atoms with Gasteiger partial charge in [-0.2, -0.15) is 0 Å². The van der Waals surface area contributed by atoms with E-state index in [1.807, 2.05) is 0 Å². The molecule has 0 unspecified atom stereocenters. The van der Waals surface area contributed by atoms with E-state index < -0.39 is 0 Å². The van der Waals surface area contributed by atoms with Gasteiger partial charge in [0.05, 0.1) is 0 Å². The molecule has 0 amide bonds. The molecular weight excluding hydrogens is 458 g/mol. The van der Waals surface area contributed by atoms with Gasteiger partial charge >= 0.3 is 0 Å². The molecule has 182 valence electrons. The highest BCUT2D eigenvalue weighted by molar-refractivity contribution is 5.91. The first-order chi connectivity index (χ1) is 18.6. The molecular formula is C37H29N. The van der Waals surface area contributed by atoms with Gasteiger partial charge < -0.3 is 5.32 Å². The smallest absolute Gasteiger partial charge is 0.0464 e. The van der Waals surface area contributed by atoms with Gasteiger partial charge in [0.1, 0.15) is 0 Å². The van der Waals surface area contributed by atoms with Crippen molar-refractivity contribution in [3.63, 3.8) is 0 Å². The highest BCUT2D eigenvalue weighted by Crippen LogP contribution is 2.49. The van der Waals surface area contributed by atoms with Crippen LogP contribution in [0.1, 0.15) is 25.0 Å². The van der Waals surface area contributed by atoms with Crippen LogP contribution in [0.15, 0.2) is 133 Å². The van der Waals surface area contributed by atoms with E-state index in [1.165, 1.54) is 55.3 Å². The molecule has 1 aliphatic carbocycles. The zero-order valence-electron chi connectivity index (χ0n) is 21.7. The Kier molecular flexibility index (Phi) is 5.19. The molecule has 0 fully saturated rings. The maximum Gasteiger partial charge on any atom is 0.0464 e. The summed E-state index contributed by atoms with van der Waals surface area (Å²) >= 11 is 0. The molecule has 1 N–H and O–H groups in total. The summed E-state index contributed by atoms with van der Waals surface area (Å²) in [6.45, 7) is 4.66. The number of hydrogen-bond donors (Lipinski definition) is 1. The van der Waals surface area contributed by atoms with Gasteiger partial charge in [0, 0.05) is 22.4 Å². The predicted molar refractivity (Wildman–Crippen MR) is 162 cm³/mol. The predicted octanol–water partition coefficient (Wildman–Crippen LogP) is 10.2. The van der Waals surface area contributed by atoms with Gasteiger partial charge in [-0.1, -0.05) is 117 Å². The normalized spacial score (nSPS) is 13.2. The van der Waals surface area contributed by atoms with Gasteiger partial charge in [0.2, 0.25) is 0 Å². The average molecular weight is 488 g/mol. The minimum atomic E-state index is -0.0220. The second kappa shape index (κ2) is 8.75. The first-order valence-electron chi connectivity index (χ1n) is 13.3. The summed E-state index contributed by atoms with van der Waals surface area (Å²) in [4.78, 5) is 0. The highest BCUT2D eigenvalue weighted by atomic mass is 14.9. The first-order valence-corrected chi connectivity index (χ1v) is 13.3. The van der Waals surface area contributed by atoms with Crippen molar-refractivity contribution in [3.8, 4) is 33.4 Å². The second-order valence-corrected chi connectivity index (χ2v) is 10.7. The Morgan fingerprint density at radius 1 is 0.447 bits per heavy atom. The topological polar surface area (TPSA) is 12.0 Å². The molecule has 6 aromatic carbocycles. The van der Waals surface area contributed by atoms with Gasteiger partial charge in [0.15, 0.2) is 0 Å². The summed E-state index contributed by atoms with van der Waals surface area (Å²) in [5.74, 6) is 0. The monoisotopic (exact) mass is 487 g/mol. The first kappa shape index (κ1) is 22.6. The second-order valence-electron chi connectivity index (χ2n) is 10.7. The molecule has 6 aromatic rings. The molecule has 0 atom stereocenters. The van der Waals surface area contributed by atoms with Gasteiger partial charge in [-0.15, -0.1) is 0 Å². The number of fused-ring (bicyclic) bond motifs is 4. The minimum absolute atomic E-state index is 0.0220. The minimum Gasteiger partial charge on any atom is -0.355 e. The van der Waals surface area contributed by atoms with Crippen molar-refractivity contribution in [2.45, 2.75) is 19.3 Å². The van der Waals surface area contributed by atoms with Crippen molar-refractivity contribution in [2.24, 2.45) is 0 Å². The molecule has 1 aliphatic rings. The summed E-state index contributed by atoms with van der Waals surface area (Å²) in [5, 5.41) is 6.30. The van der Waals surface area contributed by atoms with Crippen molar-refractivity contribution in [1.29, 1.82) is 0 Å². The average Bonchev–Trinajstić information content (AvgIpc) is 3.19. The molecule has 0 heterocycles. The molecule has 0 aliphatic heterocycles. The van der Waals surface area contributed by atoms with Crippen LogP contribution in [0, 0.1) is 0 Å². The molecule has 0 saturated carbocycles. The van der Waals surface area contributed by atoms with Crippen LogP contribution in [0.2, 0.25) is 0 Å². The molecule has 7 rings (SSSR count). The van der Waals surface area contributed by atoms with E-state index in [4.69, 9.17) is 0 Å². The third-order valence-electron chi connectivity index (χ3n) is 8.05. The van der Waals surface area contributed by atoms with Crippen LogP contribution in [0.3, 0.4) is 0 Å². The van der Waals surface area contributed by atoms with Crippen molar-refractivity contribution in [2.75, 3.05) is 5.32 Å². The van der Waals surface area contributed by atoms with E-state index in [9.17, 15) is 0 Å². The fourth-order valence-corrected chi connectivity index (χ4v) is 6.00. The summed E-state index contributed by atoms with van der Waals surface area (Å²) in [6.07, 6.45) is 0. The zero-order chi connectivity index (χ0) is 25.7. The van der Waals surface area contributed by atoms with E-state index in [0.29, 0.717) is 0 Å². The zero-order valence-corrected chi connectivity index (χ0v) is 21.7. The fraction of sp³-hybridized carbons (Fsp3) is 0.0811. The summed E-state index contributed by atoms with van der Waals surface area (Å²) in [6, 6.07) is 48.3. The van der Waals surface area contributed by atoms with Crippen molar-refractivity contribution in [1.82, 2.24) is 0 Å². The maximum absolute atomic E-state index is 3.77. The SMILES string of the molecule is CC1(C)c2ccccc2-c2ccc(Nc3ccc(-c4ccc5ccccc5c4)cc3-c3ccccc3)cc21. The van der Waals surface area contributed by atoms with Crippen LogP contribution < -0.4 is 5.32 Å². The van der Waals surface area contributed by atoms with E-state index in [1.54, 1.807) is 0 Å². The van der Waals surface area contributed by atoms with Crippen LogP contribution in [-0.4, -0.2) is 0 Å². The Balaban J connectivity index is 1.31. The lowest BCUT2D eigenvalue weighted by molar-refractivity contribution is 0.660. The summed E-state index contributed by atoms with van der Waals surface area (Å²) in [7, 11) is 0.